The Morgan fingerprint density at radius 2 is 1.77 bits per heavy atom. The van der Waals surface area contributed by atoms with Gasteiger partial charge in [0.2, 0.25) is 0 Å². The SMILES string of the molecule is Cc1ccc(C)c(OC(F)(F)F)c1. The van der Waals surface area contributed by atoms with Gasteiger partial charge in [0.15, 0.2) is 0 Å². The Labute approximate surface area is 74.1 Å². The van der Waals surface area contributed by atoms with Crippen molar-refractivity contribution < 1.29 is 17.9 Å². The van der Waals surface area contributed by atoms with E-state index in [2.05, 4.69) is 4.74 Å². The number of rotatable bonds is 1. The summed E-state index contributed by atoms with van der Waals surface area (Å²) in [5.41, 5.74) is 1.22. The molecule has 0 aromatic heterocycles. The van der Waals surface area contributed by atoms with E-state index >= 15 is 0 Å². The molecule has 0 aliphatic rings. The van der Waals surface area contributed by atoms with Crippen LogP contribution in [0.1, 0.15) is 11.1 Å². The number of benzene rings is 1. The van der Waals surface area contributed by atoms with Crippen LogP contribution in [-0.2, 0) is 0 Å². The van der Waals surface area contributed by atoms with Crippen molar-refractivity contribution in [1.82, 2.24) is 0 Å². The zero-order valence-electron chi connectivity index (χ0n) is 7.27. The van der Waals surface area contributed by atoms with Crippen molar-refractivity contribution in [3.8, 4) is 5.75 Å². The molecule has 0 saturated heterocycles. The Kier molecular flexibility index (Phi) is 2.50. The largest absolute Gasteiger partial charge is 0.573 e. The Hall–Kier alpha value is -1.19. The fourth-order valence-corrected chi connectivity index (χ4v) is 0.942. The van der Waals surface area contributed by atoms with Gasteiger partial charge >= 0.3 is 6.36 Å². The maximum atomic E-state index is 11.8. The molecule has 1 nitrogen and oxygen atoms in total. The second kappa shape index (κ2) is 3.28. The van der Waals surface area contributed by atoms with Crippen molar-refractivity contribution in [3.05, 3.63) is 29.3 Å². The summed E-state index contributed by atoms with van der Waals surface area (Å²) in [7, 11) is 0. The Balaban J connectivity index is 2.94. The van der Waals surface area contributed by atoms with Crippen LogP contribution in [0.2, 0.25) is 0 Å². The number of alkyl halides is 3. The van der Waals surface area contributed by atoms with E-state index in [1.54, 1.807) is 26.0 Å². The summed E-state index contributed by atoms with van der Waals surface area (Å²) < 4.78 is 39.3. The number of halogens is 3. The third kappa shape index (κ3) is 2.97. The molecule has 0 aliphatic carbocycles. The van der Waals surface area contributed by atoms with Crippen LogP contribution < -0.4 is 4.74 Å². The molecular formula is C9H9F3O. The molecule has 13 heavy (non-hydrogen) atoms. The number of hydrogen-bond donors (Lipinski definition) is 0. The van der Waals surface area contributed by atoms with Crippen LogP contribution in [0.25, 0.3) is 0 Å². The number of ether oxygens (including phenoxy) is 1. The van der Waals surface area contributed by atoms with Gasteiger partial charge in [0.25, 0.3) is 0 Å². The molecule has 4 heteroatoms. The van der Waals surface area contributed by atoms with Gasteiger partial charge in [-0.05, 0) is 31.0 Å². The lowest BCUT2D eigenvalue weighted by molar-refractivity contribution is -0.274. The highest BCUT2D eigenvalue weighted by Gasteiger charge is 2.31. The monoisotopic (exact) mass is 190 g/mol. The van der Waals surface area contributed by atoms with E-state index in [1.807, 2.05) is 0 Å². The Morgan fingerprint density at radius 1 is 1.15 bits per heavy atom. The van der Waals surface area contributed by atoms with Gasteiger partial charge in [0, 0.05) is 0 Å². The van der Waals surface area contributed by atoms with Gasteiger partial charge in [-0.1, -0.05) is 12.1 Å². The topological polar surface area (TPSA) is 9.23 Å². The second-order valence-electron chi connectivity index (χ2n) is 2.82. The summed E-state index contributed by atoms with van der Waals surface area (Å²) in [6.07, 6.45) is -4.61. The van der Waals surface area contributed by atoms with Crippen LogP contribution in [0.3, 0.4) is 0 Å². The summed E-state index contributed by atoms with van der Waals surface area (Å²) in [6.45, 7) is 3.28. The first-order chi connectivity index (χ1) is 5.88. The molecule has 72 valence electrons. The van der Waals surface area contributed by atoms with Gasteiger partial charge in [-0.2, -0.15) is 0 Å². The molecule has 1 rings (SSSR count). The normalized spacial score (nSPS) is 11.5. The van der Waals surface area contributed by atoms with Gasteiger partial charge in [0.1, 0.15) is 5.75 Å². The van der Waals surface area contributed by atoms with Gasteiger partial charge in [-0.25, -0.2) is 0 Å². The molecule has 1 aromatic carbocycles. The first kappa shape index (κ1) is 9.89. The van der Waals surface area contributed by atoms with Crippen molar-refractivity contribution in [1.29, 1.82) is 0 Å². The van der Waals surface area contributed by atoms with E-state index in [9.17, 15) is 13.2 Å². The number of hydrogen-bond acceptors (Lipinski definition) is 1. The van der Waals surface area contributed by atoms with Crippen molar-refractivity contribution >= 4 is 0 Å². The van der Waals surface area contributed by atoms with Crippen LogP contribution >= 0.6 is 0 Å². The van der Waals surface area contributed by atoms with E-state index in [0.717, 1.165) is 5.56 Å². The average Bonchev–Trinajstić information content (AvgIpc) is 1.94. The highest BCUT2D eigenvalue weighted by atomic mass is 19.4. The lowest BCUT2D eigenvalue weighted by Crippen LogP contribution is -2.17. The Morgan fingerprint density at radius 3 is 2.31 bits per heavy atom. The summed E-state index contributed by atoms with van der Waals surface area (Å²) in [5, 5.41) is 0. The third-order valence-electron chi connectivity index (χ3n) is 1.57. The molecule has 0 aliphatic heterocycles. The lowest BCUT2D eigenvalue weighted by atomic mass is 10.1. The van der Waals surface area contributed by atoms with E-state index < -0.39 is 6.36 Å². The van der Waals surface area contributed by atoms with Crippen LogP contribution in [-0.4, -0.2) is 6.36 Å². The predicted octanol–water partition coefficient (Wildman–Crippen LogP) is 3.20. The highest BCUT2D eigenvalue weighted by molar-refractivity contribution is 5.36. The first-order valence-corrected chi connectivity index (χ1v) is 3.71. The smallest absolute Gasteiger partial charge is 0.406 e. The minimum absolute atomic E-state index is 0.132. The molecule has 0 heterocycles. The quantitative estimate of drug-likeness (QED) is 0.660. The lowest BCUT2D eigenvalue weighted by Gasteiger charge is -2.11. The van der Waals surface area contributed by atoms with Gasteiger partial charge in [0.05, 0.1) is 0 Å². The maximum absolute atomic E-state index is 11.8. The molecule has 0 unspecified atom stereocenters. The predicted molar refractivity (Wildman–Crippen MR) is 42.6 cm³/mol. The summed E-state index contributed by atoms with van der Waals surface area (Å²) >= 11 is 0. The van der Waals surface area contributed by atoms with E-state index in [1.165, 1.54) is 6.07 Å². The minimum Gasteiger partial charge on any atom is -0.406 e. The van der Waals surface area contributed by atoms with E-state index in [-0.39, 0.29) is 5.75 Å². The molecule has 0 amide bonds. The van der Waals surface area contributed by atoms with Crippen molar-refractivity contribution in [3.63, 3.8) is 0 Å². The number of aryl methyl sites for hydroxylation is 2. The van der Waals surface area contributed by atoms with Gasteiger partial charge < -0.3 is 4.74 Å². The van der Waals surface area contributed by atoms with E-state index in [0.29, 0.717) is 5.56 Å². The standard InChI is InChI=1S/C9H9F3O/c1-6-3-4-7(2)8(5-6)13-9(10,11)12/h3-5H,1-2H3. The summed E-state index contributed by atoms with van der Waals surface area (Å²) in [4.78, 5) is 0. The average molecular weight is 190 g/mol. The fourth-order valence-electron chi connectivity index (χ4n) is 0.942. The third-order valence-corrected chi connectivity index (χ3v) is 1.57. The Bertz CT molecular complexity index is 304. The molecule has 1 aromatic rings. The molecule has 0 N–H and O–H groups in total. The summed E-state index contributed by atoms with van der Waals surface area (Å²) in [6, 6.07) is 4.69. The molecule has 0 bridgehead atoms. The summed E-state index contributed by atoms with van der Waals surface area (Å²) in [5.74, 6) is -0.132. The van der Waals surface area contributed by atoms with E-state index in [4.69, 9.17) is 0 Å². The molecule has 0 saturated carbocycles. The first-order valence-electron chi connectivity index (χ1n) is 3.71. The zero-order valence-corrected chi connectivity index (χ0v) is 7.27. The van der Waals surface area contributed by atoms with Crippen LogP contribution in [0, 0.1) is 13.8 Å². The molecular weight excluding hydrogens is 181 g/mol. The molecule has 0 atom stereocenters. The minimum atomic E-state index is -4.61. The van der Waals surface area contributed by atoms with Crippen molar-refractivity contribution in [2.24, 2.45) is 0 Å². The van der Waals surface area contributed by atoms with Crippen LogP contribution in [0.5, 0.6) is 5.75 Å². The molecule has 0 radical (unpaired) electrons. The van der Waals surface area contributed by atoms with Gasteiger partial charge in [-0.15, -0.1) is 13.2 Å². The van der Waals surface area contributed by atoms with Crippen molar-refractivity contribution in [2.75, 3.05) is 0 Å². The maximum Gasteiger partial charge on any atom is 0.573 e. The van der Waals surface area contributed by atoms with Gasteiger partial charge in [-0.3, -0.25) is 0 Å². The molecule has 0 fully saturated rings. The van der Waals surface area contributed by atoms with Crippen LogP contribution in [0.4, 0.5) is 13.2 Å². The second-order valence-corrected chi connectivity index (χ2v) is 2.82. The zero-order chi connectivity index (χ0) is 10.1. The van der Waals surface area contributed by atoms with Crippen LogP contribution in [0.15, 0.2) is 18.2 Å². The molecule has 0 spiro atoms. The fraction of sp³-hybridized carbons (Fsp3) is 0.333. The van der Waals surface area contributed by atoms with Crippen molar-refractivity contribution in [2.45, 2.75) is 20.2 Å². The highest BCUT2D eigenvalue weighted by Crippen LogP contribution is 2.26.